The normalized spacial score (nSPS) is 18.4. The maximum absolute atomic E-state index is 13.4. The number of benzene rings is 1. The van der Waals surface area contributed by atoms with Crippen molar-refractivity contribution in [1.82, 2.24) is 10.4 Å². The summed E-state index contributed by atoms with van der Waals surface area (Å²) in [5.41, 5.74) is 3.15. The lowest BCUT2D eigenvalue weighted by molar-refractivity contribution is -0.191. The average molecular weight is 286 g/mol. The maximum atomic E-state index is 13.4. The molecule has 1 aliphatic rings. The molecule has 1 heterocycles. The van der Waals surface area contributed by atoms with E-state index in [0.29, 0.717) is 5.56 Å². The zero-order chi connectivity index (χ0) is 14.9. The van der Waals surface area contributed by atoms with Crippen LogP contribution in [0.5, 0.6) is 0 Å². The Morgan fingerprint density at radius 3 is 2.25 bits per heavy atom. The molecule has 0 spiro atoms. The summed E-state index contributed by atoms with van der Waals surface area (Å²) < 4.78 is 40.3. The summed E-state index contributed by atoms with van der Waals surface area (Å²) in [6, 6.07) is 4.72. The highest BCUT2D eigenvalue weighted by molar-refractivity contribution is 5.77. The molecular formula is C14H17F3N2O. The summed E-state index contributed by atoms with van der Waals surface area (Å²) in [6.45, 7) is 3.78. The largest absolute Gasteiger partial charge is 0.409 e. The third-order valence-corrected chi connectivity index (χ3v) is 3.38. The van der Waals surface area contributed by atoms with Crippen LogP contribution in [0.1, 0.15) is 43.4 Å². The summed E-state index contributed by atoms with van der Waals surface area (Å²) in [6.07, 6.45) is -4.35. The van der Waals surface area contributed by atoms with E-state index in [2.05, 4.69) is 5.43 Å². The molecule has 0 aliphatic carbocycles. The van der Waals surface area contributed by atoms with Crippen molar-refractivity contribution in [3.05, 3.63) is 35.4 Å². The van der Waals surface area contributed by atoms with Gasteiger partial charge < -0.3 is 0 Å². The molecule has 1 amide bonds. The molecule has 1 aliphatic heterocycles. The van der Waals surface area contributed by atoms with Gasteiger partial charge in [-0.1, -0.05) is 38.1 Å². The Labute approximate surface area is 115 Å². The van der Waals surface area contributed by atoms with E-state index in [-0.39, 0.29) is 30.4 Å². The number of amides is 1. The van der Waals surface area contributed by atoms with Crippen LogP contribution in [-0.4, -0.2) is 23.6 Å². The van der Waals surface area contributed by atoms with Gasteiger partial charge in [0.05, 0.1) is 0 Å². The van der Waals surface area contributed by atoms with E-state index in [1.54, 1.807) is 18.2 Å². The number of rotatable bonds is 3. The lowest BCUT2D eigenvalue weighted by Gasteiger charge is -2.31. The van der Waals surface area contributed by atoms with Crippen LogP contribution in [0.3, 0.4) is 0 Å². The molecule has 1 atom stereocenters. The Hall–Kier alpha value is -1.56. The van der Waals surface area contributed by atoms with Crippen LogP contribution in [-0.2, 0) is 4.79 Å². The number of nitrogens with one attached hydrogen (secondary N) is 1. The molecule has 110 valence electrons. The lowest BCUT2D eigenvalue weighted by Crippen LogP contribution is -2.44. The smallest absolute Gasteiger partial charge is 0.288 e. The van der Waals surface area contributed by atoms with Crippen LogP contribution < -0.4 is 5.43 Å². The summed E-state index contributed by atoms with van der Waals surface area (Å²) >= 11 is 0. The van der Waals surface area contributed by atoms with Gasteiger partial charge in [-0.3, -0.25) is 10.2 Å². The minimum atomic E-state index is -4.44. The molecule has 0 saturated carbocycles. The third kappa shape index (κ3) is 2.95. The molecule has 0 unspecified atom stereocenters. The van der Waals surface area contributed by atoms with Gasteiger partial charge in [0, 0.05) is 13.0 Å². The molecule has 0 aromatic heterocycles. The predicted molar refractivity (Wildman–Crippen MR) is 68.8 cm³/mol. The van der Waals surface area contributed by atoms with Crippen molar-refractivity contribution < 1.29 is 18.0 Å². The first kappa shape index (κ1) is 14.8. The molecule has 1 fully saturated rings. The Balaban J connectivity index is 2.45. The van der Waals surface area contributed by atoms with Crippen molar-refractivity contribution >= 4 is 5.91 Å². The number of hydrogen-bond donors (Lipinski definition) is 1. The van der Waals surface area contributed by atoms with Crippen LogP contribution in [0.4, 0.5) is 13.2 Å². The van der Waals surface area contributed by atoms with Gasteiger partial charge in [0.25, 0.3) is 0 Å². The highest BCUT2D eigenvalue weighted by Gasteiger charge is 2.47. The minimum Gasteiger partial charge on any atom is -0.288 e. The van der Waals surface area contributed by atoms with E-state index in [1.165, 1.54) is 6.07 Å². The molecule has 1 aromatic carbocycles. The van der Waals surface area contributed by atoms with Crippen molar-refractivity contribution in [2.45, 2.75) is 38.4 Å². The zero-order valence-electron chi connectivity index (χ0n) is 11.4. The van der Waals surface area contributed by atoms with E-state index in [4.69, 9.17) is 0 Å². The second-order valence-electron chi connectivity index (χ2n) is 5.21. The van der Waals surface area contributed by atoms with Crippen molar-refractivity contribution in [1.29, 1.82) is 0 Å². The fourth-order valence-electron chi connectivity index (χ4n) is 2.49. The lowest BCUT2D eigenvalue weighted by atomic mass is 9.92. The first-order valence-electron chi connectivity index (χ1n) is 6.52. The van der Waals surface area contributed by atoms with E-state index >= 15 is 0 Å². The van der Waals surface area contributed by atoms with Gasteiger partial charge in [0.2, 0.25) is 5.91 Å². The third-order valence-electron chi connectivity index (χ3n) is 3.38. The van der Waals surface area contributed by atoms with Gasteiger partial charge in [-0.25, -0.2) is 5.01 Å². The van der Waals surface area contributed by atoms with Crippen molar-refractivity contribution in [3.63, 3.8) is 0 Å². The van der Waals surface area contributed by atoms with Gasteiger partial charge in [-0.05, 0) is 17.0 Å². The summed E-state index contributed by atoms with van der Waals surface area (Å²) in [4.78, 5) is 11.2. The standard InChI is InChI=1S/C14H17F3N2O/c1-9(2)10-5-3-4-6-11(10)13(14(15,16)17)19-8-7-12(20)18-19/h3-6,9,13H,7-8H2,1-2H3,(H,18,20)/t13-/m0/s1. The highest BCUT2D eigenvalue weighted by Crippen LogP contribution is 2.40. The van der Waals surface area contributed by atoms with Crippen molar-refractivity contribution in [3.8, 4) is 0 Å². The van der Waals surface area contributed by atoms with Crippen LogP contribution >= 0.6 is 0 Å². The number of halogens is 3. The molecule has 0 bridgehead atoms. The molecule has 3 nitrogen and oxygen atoms in total. The zero-order valence-corrected chi connectivity index (χ0v) is 11.4. The Morgan fingerprint density at radius 1 is 1.20 bits per heavy atom. The van der Waals surface area contributed by atoms with Crippen LogP contribution in [0.15, 0.2) is 24.3 Å². The highest BCUT2D eigenvalue weighted by atomic mass is 19.4. The molecule has 0 radical (unpaired) electrons. The van der Waals surface area contributed by atoms with Crippen molar-refractivity contribution in [2.75, 3.05) is 6.54 Å². The number of hydrazine groups is 1. The Morgan fingerprint density at radius 2 is 1.80 bits per heavy atom. The topological polar surface area (TPSA) is 32.3 Å². The van der Waals surface area contributed by atoms with Gasteiger partial charge >= 0.3 is 6.18 Å². The molecule has 1 N–H and O–H groups in total. The SMILES string of the molecule is CC(C)c1ccccc1[C@H](N1CCC(=O)N1)C(F)(F)F. The van der Waals surface area contributed by atoms with Crippen LogP contribution in [0.2, 0.25) is 0 Å². The average Bonchev–Trinajstić information content (AvgIpc) is 2.74. The van der Waals surface area contributed by atoms with E-state index in [0.717, 1.165) is 5.01 Å². The van der Waals surface area contributed by atoms with Crippen molar-refractivity contribution in [2.24, 2.45) is 0 Å². The Kier molecular flexibility index (Phi) is 4.04. The summed E-state index contributed by atoms with van der Waals surface area (Å²) in [5, 5.41) is 0.990. The number of carbonyl (C=O) groups excluding carboxylic acids is 1. The second-order valence-corrected chi connectivity index (χ2v) is 5.21. The number of nitrogens with zero attached hydrogens (tertiary/aromatic N) is 1. The Bertz CT molecular complexity index is 499. The van der Waals surface area contributed by atoms with E-state index < -0.39 is 12.2 Å². The molecule has 1 saturated heterocycles. The molecule has 20 heavy (non-hydrogen) atoms. The van der Waals surface area contributed by atoms with Crippen LogP contribution in [0, 0.1) is 0 Å². The first-order chi connectivity index (χ1) is 9.30. The van der Waals surface area contributed by atoms with Gasteiger partial charge in [-0.15, -0.1) is 0 Å². The van der Waals surface area contributed by atoms with Gasteiger partial charge in [-0.2, -0.15) is 13.2 Å². The van der Waals surface area contributed by atoms with Gasteiger partial charge in [0.15, 0.2) is 0 Å². The number of hydrogen-bond acceptors (Lipinski definition) is 2. The molecule has 1 aromatic rings. The predicted octanol–water partition coefficient (Wildman–Crippen LogP) is 3.15. The van der Waals surface area contributed by atoms with E-state index in [1.807, 2.05) is 13.8 Å². The quantitative estimate of drug-likeness (QED) is 0.925. The fourth-order valence-corrected chi connectivity index (χ4v) is 2.49. The van der Waals surface area contributed by atoms with Gasteiger partial charge in [0.1, 0.15) is 6.04 Å². The first-order valence-corrected chi connectivity index (χ1v) is 6.52. The second kappa shape index (κ2) is 5.44. The maximum Gasteiger partial charge on any atom is 0.409 e. The molecule has 2 rings (SSSR count). The number of carbonyl (C=O) groups is 1. The molecule has 6 heteroatoms. The summed E-state index contributed by atoms with van der Waals surface area (Å²) in [5.74, 6) is -0.393. The van der Waals surface area contributed by atoms with E-state index in [9.17, 15) is 18.0 Å². The number of alkyl halides is 3. The fraction of sp³-hybridized carbons (Fsp3) is 0.500. The summed E-state index contributed by atoms with van der Waals surface area (Å²) in [7, 11) is 0. The minimum absolute atomic E-state index is 0.0191. The van der Waals surface area contributed by atoms with Crippen LogP contribution in [0.25, 0.3) is 0 Å². The monoisotopic (exact) mass is 286 g/mol. The molecular weight excluding hydrogens is 269 g/mol.